The fourth-order valence-corrected chi connectivity index (χ4v) is 16.3. The molecule has 0 bridgehead atoms. The summed E-state index contributed by atoms with van der Waals surface area (Å²) in [6.07, 6.45) is 32.2. The number of fused-ring (bicyclic) bond motifs is 7. The van der Waals surface area contributed by atoms with Gasteiger partial charge < -0.3 is 9.47 Å². The Morgan fingerprint density at radius 2 is 1.41 bits per heavy atom. The van der Waals surface area contributed by atoms with Crippen LogP contribution in [0.5, 0.6) is 0 Å². The van der Waals surface area contributed by atoms with Crippen LogP contribution in [0.1, 0.15) is 182 Å². The molecule has 9 heteroatoms. The lowest BCUT2D eigenvalue weighted by atomic mass is 9.44. The summed E-state index contributed by atoms with van der Waals surface area (Å²) in [5, 5.41) is 0. The van der Waals surface area contributed by atoms with Gasteiger partial charge in [0.05, 0.1) is 17.9 Å². The van der Waals surface area contributed by atoms with Crippen molar-refractivity contribution in [2.75, 3.05) is 78.6 Å². The van der Waals surface area contributed by atoms with Crippen molar-refractivity contribution in [3.05, 3.63) is 11.6 Å². The quantitative estimate of drug-likeness (QED) is 0.0766. The van der Waals surface area contributed by atoms with E-state index in [1.807, 2.05) is 0 Å². The Morgan fingerprint density at radius 3 is 2.05 bits per heavy atom. The van der Waals surface area contributed by atoms with Crippen molar-refractivity contribution in [3.63, 3.8) is 0 Å². The maximum absolute atomic E-state index is 13.4. The Kier molecular flexibility index (Phi) is 17.0. The van der Waals surface area contributed by atoms with Crippen LogP contribution in [0, 0.1) is 40.4 Å². The molecule has 64 heavy (non-hydrogen) atoms. The third-order valence-electron chi connectivity index (χ3n) is 19.6. The van der Waals surface area contributed by atoms with E-state index in [1.165, 1.54) is 180 Å². The van der Waals surface area contributed by atoms with Crippen LogP contribution in [-0.4, -0.2) is 140 Å². The van der Waals surface area contributed by atoms with Crippen LogP contribution in [0.15, 0.2) is 16.6 Å². The molecule has 0 spiro atoms. The van der Waals surface area contributed by atoms with Gasteiger partial charge in [-0.2, -0.15) is 0 Å². The van der Waals surface area contributed by atoms with Gasteiger partial charge in [0.15, 0.2) is 0 Å². The lowest BCUT2D eigenvalue weighted by Gasteiger charge is -2.62. The Labute approximate surface area is 392 Å². The molecule has 10 unspecified atom stereocenters. The van der Waals surface area contributed by atoms with Gasteiger partial charge in [0, 0.05) is 52.2 Å². The topological polar surface area (TPSA) is 64.1 Å². The van der Waals surface area contributed by atoms with Crippen molar-refractivity contribution < 1.29 is 14.3 Å². The molecule has 0 amide bonds. The minimum absolute atomic E-state index is 0.0666. The number of rotatable bonds is 18. The second kappa shape index (κ2) is 22.3. The summed E-state index contributed by atoms with van der Waals surface area (Å²) in [5.74, 6) is 3.50. The van der Waals surface area contributed by atoms with Crippen LogP contribution in [0.4, 0.5) is 4.79 Å². The first-order valence-electron chi connectivity index (χ1n) is 27.7. The fraction of sp³-hybridized carbons (Fsp3) is 0.927. The molecule has 0 aromatic heterocycles. The summed E-state index contributed by atoms with van der Waals surface area (Å²) >= 11 is 0. The standard InChI is InChI=1S/C55H96N6O3/c1-43(2)18-13-19-44(3)47-22-23-48-54(47,5)28-26-49-53(4)27-25-46(42-45(53)24-29-55(48,49)56-6)64-52(62)63-41-40-57(30-14-34-60-38-16-36-58-32-11-7-9-20-50(58)60)31-15-35-61-39-17-37-59-33-12-8-10-21-51(59)61/h24,43-44,46-51H,6-23,25-42H2,1-5H3. The smallest absolute Gasteiger partial charge is 0.433 e. The fourth-order valence-electron chi connectivity index (χ4n) is 16.3. The van der Waals surface area contributed by atoms with Crippen LogP contribution in [0.25, 0.3) is 0 Å². The molecule has 0 N–H and O–H groups in total. The molecular formula is C55H96N6O3. The Balaban J connectivity index is 0.836. The first kappa shape index (κ1) is 48.9. The second-order valence-electron chi connectivity index (χ2n) is 23.8. The van der Waals surface area contributed by atoms with Gasteiger partial charge in [0.1, 0.15) is 12.7 Å². The Bertz CT molecular complexity index is 1500. The van der Waals surface area contributed by atoms with Crippen LogP contribution < -0.4 is 0 Å². The van der Waals surface area contributed by atoms with E-state index in [0.29, 0.717) is 36.2 Å². The summed E-state index contributed by atoms with van der Waals surface area (Å²) in [7, 11) is 0. The second-order valence-corrected chi connectivity index (χ2v) is 23.8. The molecule has 4 aliphatic carbocycles. The lowest BCUT2D eigenvalue weighted by Crippen LogP contribution is -2.60. The van der Waals surface area contributed by atoms with Crippen molar-refractivity contribution in [2.45, 2.75) is 206 Å². The average Bonchev–Trinajstić information content (AvgIpc) is 3.43. The lowest BCUT2D eigenvalue weighted by molar-refractivity contribution is -0.0754. The zero-order valence-corrected chi connectivity index (χ0v) is 42.1. The molecule has 0 radical (unpaired) electrons. The van der Waals surface area contributed by atoms with E-state index in [-0.39, 0.29) is 17.1 Å². The Morgan fingerprint density at radius 1 is 0.750 bits per heavy atom. The van der Waals surface area contributed by atoms with Crippen molar-refractivity contribution in [2.24, 2.45) is 45.4 Å². The van der Waals surface area contributed by atoms with E-state index in [4.69, 9.17) is 14.5 Å². The molecule has 0 aromatic carbocycles. The number of carbonyl (C=O) groups excluding carboxylic acids is 1. The number of aliphatic imine (C=N–C) groups is 1. The highest BCUT2D eigenvalue weighted by atomic mass is 16.7. The van der Waals surface area contributed by atoms with Gasteiger partial charge in [-0.3, -0.25) is 29.5 Å². The molecule has 0 aromatic rings. The van der Waals surface area contributed by atoms with Crippen molar-refractivity contribution in [1.29, 1.82) is 0 Å². The molecule has 9 nitrogen and oxygen atoms in total. The number of nitrogens with zero attached hydrogens (tertiary/aromatic N) is 6. The minimum Gasteiger partial charge on any atom is -0.433 e. The summed E-state index contributed by atoms with van der Waals surface area (Å²) < 4.78 is 12.2. The molecule has 10 atom stereocenters. The predicted molar refractivity (Wildman–Crippen MR) is 264 cm³/mol. The van der Waals surface area contributed by atoms with E-state index in [0.717, 1.165) is 63.1 Å². The summed E-state index contributed by atoms with van der Waals surface area (Å²) in [6, 6.07) is 0. The molecule has 3 saturated carbocycles. The maximum Gasteiger partial charge on any atom is 0.508 e. The van der Waals surface area contributed by atoms with E-state index >= 15 is 0 Å². The molecule has 8 aliphatic rings. The monoisotopic (exact) mass is 889 g/mol. The van der Waals surface area contributed by atoms with Crippen LogP contribution in [-0.2, 0) is 9.47 Å². The predicted octanol–water partition coefficient (Wildman–Crippen LogP) is 11.3. The SMILES string of the molecule is C=NC12CC=C3CC(OC(=O)OCCN(CCCN4CCCN5CCCCCC54)CCCN4CCCN5CCCCCC54)CCC3(C)C1CCC1(C)C(C(C)CCCC(C)C)CCC12. The summed E-state index contributed by atoms with van der Waals surface area (Å²) in [5.41, 5.74) is 1.89. The van der Waals surface area contributed by atoms with Gasteiger partial charge in [-0.1, -0.05) is 91.2 Å². The maximum atomic E-state index is 13.4. The highest BCUT2D eigenvalue weighted by Crippen LogP contribution is 2.70. The molecule has 7 fully saturated rings. The first-order chi connectivity index (χ1) is 31.0. The zero-order valence-electron chi connectivity index (χ0n) is 42.1. The van der Waals surface area contributed by atoms with Gasteiger partial charge >= 0.3 is 6.16 Å². The number of ether oxygens (including phenoxy) is 2. The minimum atomic E-state index is -0.469. The van der Waals surface area contributed by atoms with E-state index < -0.39 is 6.16 Å². The molecule has 4 heterocycles. The third kappa shape index (κ3) is 10.8. The van der Waals surface area contributed by atoms with Gasteiger partial charge in [-0.25, -0.2) is 4.79 Å². The highest BCUT2D eigenvalue weighted by Gasteiger charge is 2.66. The van der Waals surface area contributed by atoms with E-state index in [2.05, 4.69) is 71.9 Å². The molecule has 4 aliphatic heterocycles. The van der Waals surface area contributed by atoms with Gasteiger partial charge in [-0.15, -0.1) is 0 Å². The van der Waals surface area contributed by atoms with Crippen LogP contribution >= 0.6 is 0 Å². The van der Waals surface area contributed by atoms with E-state index in [9.17, 15) is 4.79 Å². The van der Waals surface area contributed by atoms with Crippen LogP contribution in [0.3, 0.4) is 0 Å². The van der Waals surface area contributed by atoms with Crippen molar-refractivity contribution in [1.82, 2.24) is 24.5 Å². The number of carbonyl (C=O) groups is 1. The molecular weight excluding hydrogens is 793 g/mol. The largest absolute Gasteiger partial charge is 0.508 e. The van der Waals surface area contributed by atoms with Gasteiger partial charge in [0.25, 0.3) is 0 Å². The molecule has 4 saturated heterocycles. The number of hydrogen-bond acceptors (Lipinski definition) is 9. The number of hydrogen-bond donors (Lipinski definition) is 0. The molecule has 8 rings (SSSR count). The average molecular weight is 889 g/mol. The normalized spacial score (nSPS) is 37.0. The van der Waals surface area contributed by atoms with Crippen LogP contribution in [0.2, 0.25) is 0 Å². The van der Waals surface area contributed by atoms with E-state index in [1.54, 1.807) is 0 Å². The Hall–Kier alpha value is -1.52. The first-order valence-corrected chi connectivity index (χ1v) is 27.7. The van der Waals surface area contributed by atoms with Crippen molar-refractivity contribution in [3.8, 4) is 0 Å². The van der Waals surface area contributed by atoms with Gasteiger partial charge in [-0.05, 0) is 170 Å². The molecule has 364 valence electrons. The zero-order chi connectivity index (χ0) is 44.7. The summed E-state index contributed by atoms with van der Waals surface area (Å²) in [6.45, 7) is 30.1. The van der Waals surface area contributed by atoms with Crippen molar-refractivity contribution >= 4 is 12.9 Å². The highest BCUT2D eigenvalue weighted by molar-refractivity contribution is 5.60. The van der Waals surface area contributed by atoms with Gasteiger partial charge in [0.2, 0.25) is 0 Å². The summed E-state index contributed by atoms with van der Waals surface area (Å²) in [4.78, 5) is 32.4. The third-order valence-corrected chi connectivity index (χ3v) is 19.6.